The molecule has 0 bridgehead atoms. The highest BCUT2D eigenvalue weighted by atomic mass is 16.5. The Morgan fingerprint density at radius 3 is 2.12 bits per heavy atom. The molecule has 3 nitrogen and oxygen atoms in total. The number of unbranched alkanes of at least 4 members (excludes halogenated alkanes) is 2. The molecule has 94 valence electrons. The first kappa shape index (κ1) is 13.6. The average Bonchev–Trinajstić information content (AvgIpc) is 2.37. The van der Waals surface area contributed by atoms with E-state index < -0.39 is 0 Å². The molecule has 0 aliphatic rings. The van der Waals surface area contributed by atoms with Gasteiger partial charge in [-0.25, -0.2) is 0 Å². The van der Waals surface area contributed by atoms with E-state index in [1.54, 1.807) is 0 Å². The van der Waals surface area contributed by atoms with E-state index in [-0.39, 0.29) is 0 Å². The molecule has 0 aromatic heterocycles. The van der Waals surface area contributed by atoms with Crippen molar-refractivity contribution >= 4 is 6.29 Å². The Bertz CT molecular complexity index is 306. The van der Waals surface area contributed by atoms with Crippen molar-refractivity contribution in [2.75, 3.05) is 13.2 Å². The van der Waals surface area contributed by atoms with Crippen LogP contribution >= 0.6 is 0 Å². The van der Waals surface area contributed by atoms with Gasteiger partial charge in [-0.2, -0.15) is 0 Å². The lowest BCUT2D eigenvalue weighted by Gasteiger charge is -2.07. The third-order valence-corrected chi connectivity index (χ3v) is 2.34. The third kappa shape index (κ3) is 5.95. The monoisotopic (exact) mass is 236 g/mol. The molecule has 0 saturated heterocycles. The van der Waals surface area contributed by atoms with Crippen LogP contribution in [-0.2, 0) is 4.79 Å². The maximum atomic E-state index is 10.1. The Morgan fingerprint density at radius 2 is 1.59 bits per heavy atom. The molecule has 0 aliphatic carbocycles. The van der Waals surface area contributed by atoms with Gasteiger partial charge in [0.1, 0.15) is 17.8 Å². The fourth-order valence-corrected chi connectivity index (χ4v) is 1.40. The topological polar surface area (TPSA) is 35.5 Å². The van der Waals surface area contributed by atoms with Crippen molar-refractivity contribution in [2.24, 2.45) is 0 Å². The highest BCUT2D eigenvalue weighted by Crippen LogP contribution is 2.17. The van der Waals surface area contributed by atoms with Gasteiger partial charge in [-0.05, 0) is 30.7 Å². The van der Waals surface area contributed by atoms with Crippen molar-refractivity contribution in [2.45, 2.75) is 32.6 Å². The van der Waals surface area contributed by atoms with E-state index in [1.165, 1.54) is 12.8 Å². The SMILES string of the molecule is CCCCCOc1ccc(OCCC=O)cc1. The van der Waals surface area contributed by atoms with Gasteiger partial charge in [-0.1, -0.05) is 19.8 Å². The summed E-state index contributed by atoms with van der Waals surface area (Å²) in [6.45, 7) is 3.37. The molecule has 0 N–H and O–H groups in total. The second-order valence-corrected chi connectivity index (χ2v) is 3.83. The van der Waals surface area contributed by atoms with Crippen LogP contribution in [0.15, 0.2) is 24.3 Å². The van der Waals surface area contributed by atoms with Crippen molar-refractivity contribution < 1.29 is 14.3 Å². The molecule has 0 radical (unpaired) electrons. The summed E-state index contributed by atoms with van der Waals surface area (Å²) in [7, 11) is 0. The summed E-state index contributed by atoms with van der Waals surface area (Å²) in [5.74, 6) is 1.64. The van der Waals surface area contributed by atoms with Gasteiger partial charge in [-0.15, -0.1) is 0 Å². The molecular weight excluding hydrogens is 216 g/mol. The van der Waals surface area contributed by atoms with Gasteiger partial charge in [-0.3, -0.25) is 0 Å². The molecule has 0 heterocycles. The lowest BCUT2D eigenvalue weighted by molar-refractivity contribution is -0.108. The fourth-order valence-electron chi connectivity index (χ4n) is 1.40. The third-order valence-electron chi connectivity index (χ3n) is 2.34. The van der Waals surface area contributed by atoms with Gasteiger partial charge in [0.2, 0.25) is 0 Å². The molecule has 1 rings (SSSR count). The first-order valence-electron chi connectivity index (χ1n) is 6.16. The number of rotatable bonds is 9. The lowest BCUT2D eigenvalue weighted by Crippen LogP contribution is -1.99. The fraction of sp³-hybridized carbons (Fsp3) is 0.500. The summed E-state index contributed by atoms with van der Waals surface area (Å²) in [5.41, 5.74) is 0. The number of carbonyl (C=O) groups excluding carboxylic acids is 1. The van der Waals surface area contributed by atoms with Gasteiger partial charge >= 0.3 is 0 Å². The van der Waals surface area contributed by atoms with Crippen LogP contribution in [0.3, 0.4) is 0 Å². The Hall–Kier alpha value is -1.51. The molecule has 0 amide bonds. The smallest absolute Gasteiger partial charge is 0.123 e. The molecule has 1 aromatic rings. The summed E-state index contributed by atoms with van der Waals surface area (Å²) in [4.78, 5) is 10.1. The molecule has 0 fully saturated rings. The van der Waals surface area contributed by atoms with E-state index in [0.717, 1.165) is 30.8 Å². The van der Waals surface area contributed by atoms with Crippen LogP contribution in [0.2, 0.25) is 0 Å². The Morgan fingerprint density at radius 1 is 1.00 bits per heavy atom. The highest BCUT2D eigenvalue weighted by Gasteiger charge is 1.96. The molecule has 3 heteroatoms. The van der Waals surface area contributed by atoms with Crippen molar-refractivity contribution in [1.29, 1.82) is 0 Å². The number of hydrogen-bond acceptors (Lipinski definition) is 3. The second kappa shape index (κ2) is 8.62. The second-order valence-electron chi connectivity index (χ2n) is 3.83. The molecule has 0 aliphatic heterocycles. The van der Waals surface area contributed by atoms with Crippen LogP contribution in [-0.4, -0.2) is 19.5 Å². The molecule has 17 heavy (non-hydrogen) atoms. The van der Waals surface area contributed by atoms with Crippen molar-refractivity contribution in [3.63, 3.8) is 0 Å². The van der Waals surface area contributed by atoms with Gasteiger partial charge in [0.15, 0.2) is 0 Å². The summed E-state index contributed by atoms with van der Waals surface area (Å²) < 4.78 is 10.9. The van der Waals surface area contributed by atoms with Gasteiger partial charge in [0.25, 0.3) is 0 Å². The zero-order valence-electron chi connectivity index (χ0n) is 10.4. The van der Waals surface area contributed by atoms with Crippen molar-refractivity contribution in [3.05, 3.63) is 24.3 Å². The van der Waals surface area contributed by atoms with Crippen LogP contribution < -0.4 is 9.47 Å². The molecule has 0 saturated carbocycles. The quantitative estimate of drug-likeness (QED) is 0.488. The minimum Gasteiger partial charge on any atom is -0.494 e. The number of carbonyl (C=O) groups is 1. The Labute approximate surface area is 103 Å². The predicted molar refractivity (Wildman–Crippen MR) is 67.6 cm³/mol. The van der Waals surface area contributed by atoms with E-state index in [2.05, 4.69) is 6.92 Å². The highest BCUT2D eigenvalue weighted by molar-refractivity contribution is 5.49. The molecule has 0 atom stereocenters. The number of hydrogen-bond donors (Lipinski definition) is 0. The van der Waals surface area contributed by atoms with Crippen LogP contribution in [0.4, 0.5) is 0 Å². The average molecular weight is 236 g/mol. The van der Waals surface area contributed by atoms with E-state index in [9.17, 15) is 4.79 Å². The number of benzene rings is 1. The zero-order chi connectivity index (χ0) is 12.3. The van der Waals surface area contributed by atoms with E-state index in [4.69, 9.17) is 9.47 Å². The van der Waals surface area contributed by atoms with Crippen LogP contribution in [0.1, 0.15) is 32.6 Å². The predicted octanol–water partition coefficient (Wildman–Crippen LogP) is 3.22. The van der Waals surface area contributed by atoms with E-state index in [0.29, 0.717) is 13.0 Å². The number of aldehydes is 1. The first-order chi connectivity index (χ1) is 8.36. The maximum Gasteiger partial charge on any atom is 0.123 e. The minimum atomic E-state index is 0.426. The summed E-state index contributed by atoms with van der Waals surface area (Å²) in [5, 5.41) is 0. The lowest BCUT2D eigenvalue weighted by atomic mass is 10.3. The van der Waals surface area contributed by atoms with Crippen LogP contribution in [0, 0.1) is 0 Å². The number of ether oxygens (including phenoxy) is 2. The van der Waals surface area contributed by atoms with Gasteiger partial charge in [0, 0.05) is 6.42 Å². The largest absolute Gasteiger partial charge is 0.494 e. The minimum absolute atomic E-state index is 0.426. The molecular formula is C14H20O3. The van der Waals surface area contributed by atoms with E-state index >= 15 is 0 Å². The van der Waals surface area contributed by atoms with Crippen molar-refractivity contribution in [3.8, 4) is 11.5 Å². The Kier molecular flexibility index (Phi) is 6.87. The van der Waals surface area contributed by atoms with E-state index in [1.807, 2.05) is 24.3 Å². The normalized spacial score (nSPS) is 9.94. The molecule has 1 aromatic carbocycles. The zero-order valence-corrected chi connectivity index (χ0v) is 10.4. The van der Waals surface area contributed by atoms with Gasteiger partial charge < -0.3 is 14.3 Å². The summed E-state index contributed by atoms with van der Waals surface area (Å²) >= 11 is 0. The standard InChI is InChI=1S/C14H20O3/c1-2-3-4-11-16-13-6-8-14(9-7-13)17-12-5-10-15/h6-10H,2-5,11-12H2,1H3. The summed E-state index contributed by atoms with van der Waals surface area (Å²) in [6, 6.07) is 7.50. The Balaban J connectivity index is 2.26. The van der Waals surface area contributed by atoms with Crippen molar-refractivity contribution in [1.82, 2.24) is 0 Å². The maximum absolute atomic E-state index is 10.1. The molecule has 0 unspecified atom stereocenters. The molecule has 0 spiro atoms. The summed E-state index contributed by atoms with van der Waals surface area (Å²) in [6.07, 6.45) is 4.77. The van der Waals surface area contributed by atoms with Crippen LogP contribution in [0.5, 0.6) is 11.5 Å². The first-order valence-corrected chi connectivity index (χ1v) is 6.16. The van der Waals surface area contributed by atoms with Crippen LogP contribution in [0.25, 0.3) is 0 Å². The van der Waals surface area contributed by atoms with Gasteiger partial charge in [0.05, 0.1) is 13.2 Å².